The summed E-state index contributed by atoms with van der Waals surface area (Å²) in [6, 6.07) is 2.07. The molecule has 0 aliphatic carbocycles. The van der Waals surface area contributed by atoms with Crippen molar-refractivity contribution < 1.29 is 13.5 Å². The van der Waals surface area contributed by atoms with Crippen LogP contribution in [0.25, 0.3) is 0 Å². The topological polar surface area (TPSA) is 60.9 Å². The number of nitrogens with zero attached hydrogens (tertiary/aromatic N) is 2. The highest BCUT2D eigenvalue weighted by atomic mass is 32.2. The Labute approximate surface area is 124 Å². The Morgan fingerprint density at radius 2 is 1.90 bits per heavy atom. The third-order valence-corrected chi connectivity index (χ3v) is 7.56. The molecule has 1 aromatic heterocycles. The molecule has 114 valence electrons. The predicted octanol–water partition coefficient (Wildman–Crippen LogP) is 1.26. The highest BCUT2D eigenvalue weighted by molar-refractivity contribution is 7.91. The molecule has 1 aliphatic heterocycles. The van der Waals surface area contributed by atoms with Gasteiger partial charge in [0.05, 0.1) is 6.61 Å². The average Bonchev–Trinajstić information content (AvgIpc) is 2.77. The van der Waals surface area contributed by atoms with E-state index in [4.69, 9.17) is 0 Å². The number of aryl methyl sites for hydroxylation is 1. The molecule has 1 aliphatic rings. The summed E-state index contributed by atoms with van der Waals surface area (Å²) in [5, 5.41) is 9.22. The fourth-order valence-corrected chi connectivity index (χ4v) is 5.66. The highest BCUT2D eigenvalue weighted by Crippen LogP contribution is 2.30. The van der Waals surface area contributed by atoms with Crippen LogP contribution in [-0.2, 0) is 16.6 Å². The molecular formula is C13H22N2O3S2. The minimum Gasteiger partial charge on any atom is -0.391 e. The number of hydrogen-bond donors (Lipinski definition) is 1. The van der Waals surface area contributed by atoms with Crippen molar-refractivity contribution in [2.75, 3.05) is 20.1 Å². The Balaban J connectivity index is 2.30. The van der Waals surface area contributed by atoms with Gasteiger partial charge in [-0.3, -0.25) is 4.90 Å². The first-order valence-electron chi connectivity index (χ1n) is 6.69. The highest BCUT2D eigenvalue weighted by Gasteiger charge is 2.35. The minimum absolute atomic E-state index is 0.110. The molecular weight excluding hydrogens is 296 g/mol. The fraction of sp³-hybridized carbons (Fsp3) is 0.692. The van der Waals surface area contributed by atoms with Gasteiger partial charge in [0.2, 0.25) is 0 Å². The lowest BCUT2D eigenvalue weighted by molar-refractivity contribution is 0.105. The van der Waals surface area contributed by atoms with Crippen LogP contribution in [0.3, 0.4) is 0 Å². The molecule has 0 radical (unpaired) electrons. The Morgan fingerprint density at radius 1 is 1.35 bits per heavy atom. The van der Waals surface area contributed by atoms with E-state index in [0.29, 0.717) is 17.3 Å². The number of likely N-dealkylation sites (N-methyl/N-ethyl adjacent to an activating group) is 1. The minimum atomic E-state index is -3.45. The molecule has 1 saturated heterocycles. The molecule has 0 spiro atoms. The molecule has 2 rings (SSSR count). The second-order valence-electron chi connectivity index (χ2n) is 5.52. The number of rotatable bonds is 3. The van der Waals surface area contributed by atoms with Crippen LogP contribution >= 0.6 is 11.3 Å². The summed E-state index contributed by atoms with van der Waals surface area (Å²) in [6.45, 7) is 6.81. The molecule has 0 aromatic carbocycles. The lowest BCUT2D eigenvalue weighted by Crippen LogP contribution is -2.56. The van der Waals surface area contributed by atoms with Crippen LogP contribution in [0.1, 0.15) is 24.3 Å². The van der Waals surface area contributed by atoms with Gasteiger partial charge in [-0.25, -0.2) is 8.42 Å². The van der Waals surface area contributed by atoms with Crippen LogP contribution in [0.5, 0.6) is 0 Å². The monoisotopic (exact) mass is 318 g/mol. The van der Waals surface area contributed by atoms with Crippen LogP contribution in [0.4, 0.5) is 0 Å². The van der Waals surface area contributed by atoms with Gasteiger partial charge in [-0.1, -0.05) is 0 Å². The third-order valence-electron chi connectivity index (χ3n) is 4.06. The van der Waals surface area contributed by atoms with E-state index < -0.39 is 10.0 Å². The van der Waals surface area contributed by atoms with Gasteiger partial charge < -0.3 is 5.11 Å². The van der Waals surface area contributed by atoms with Crippen molar-refractivity contribution in [3.05, 3.63) is 16.5 Å². The van der Waals surface area contributed by atoms with Gasteiger partial charge in [0.15, 0.2) is 0 Å². The summed E-state index contributed by atoms with van der Waals surface area (Å²) in [7, 11) is -1.42. The van der Waals surface area contributed by atoms with Gasteiger partial charge in [-0.15, -0.1) is 11.3 Å². The van der Waals surface area contributed by atoms with E-state index in [2.05, 4.69) is 4.90 Å². The van der Waals surface area contributed by atoms with Crippen LogP contribution in [0.15, 0.2) is 10.3 Å². The van der Waals surface area contributed by atoms with Crippen LogP contribution in [-0.4, -0.2) is 55.0 Å². The zero-order valence-electron chi connectivity index (χ0n) is 12.3. The normalized spacial score (nSPS) is 26.1. The van der Waals surface area contributed by atoms with Crippen LogP contribution in [0.2, 0.25) is 0 Å². The third kappa shape index (κ3) is 2.78. The molecule has 20 heavy (non-hydrogen) atoms. The van der Waals surface area contributed by atoms with E-state index in [1.165, 1.54) is 11.3 Å². The van der Waals surface area contributed by atoms with E-state index in [1.807, 2.05) is 27.8 Å². The first-order chi connectivity index (χ1) is 9.27. The molecule has 5 nitrogen and oxygen atoms in total. The molecule has 1 N–H and O–H groups in total. The largest absolute Gasteiger partial charge is 0.391 e. The molecule has 2 unspecified atom stereocenters. The standard InChI is InChI=1S/C13H22N2O3S2/c1-9-5-13(19-12(9)8-16)20(17,18)15-6-10(2)14(4)11(3)7-15/h5,10-11,16H,6-8H2,1-4H3. The summed E-state index contributed by atoms with van der Waals surface area (Å²) in [6.07, 6.45) is 0. The first-order valence-corrected chi connectivity index (χ1v) is 8.95. The summed E-state index contributed by atoms with van der Waals surface area (Å²) in [5.41, 5.74) is 0.839. The number of sulfonamides is 1. The molecule has 0 bridgehead atoms. The lowest BCUT2D eigenvalue weighted by Gasteiger charge is -2.41. The van der Waals surface area contributed by atoms with Crippen molar-refractivity contribution in [2.45, 2.75) is 43.7 Å². The molecule has 0 saturated carbocycles. The Kier molecular flexibility index (Phi) is 4.56. The van der Waals surface area contributed by atoms with E-state index in [9.17, 15) is 13.5 Å². The van der Waals surface area contributed by atoms with Gasteiger partial charge in [-0.2, -0.15) is 4.31 Å². The predicted molar refractivity (Wildman–Crippen MR) is 80.4 cm³/mol. The second kappa shape index (κ2) is 5.73. The van der Waals surface area contributed by atoms with Crippen LogP contribution in [0, 0.1) is 6.92 Å². The van der Waals surface area contributed by atoms with Gasteiger partial charge in [-0.05, 0) is 39.4 Å². The molecule has 2 heterocycles. The van der Waals surface area contributed by atoms with E-state index >= 15 is 0 Å². The number of hydrogen-bond acceptors (Lipinski definition) is 5. The van der Waals surface area contributed by atoms with Crippen molar-refractivity contribution in [1.82, 2.24) is 9.21 Å². The quantitative estimate of drug-likeness (QED) is 0.911. The van der Waals surface area contributed by atoms with Crippen LogP contribution < -0.4 is 0 Å². The van der Waals surface area contributed by atoms with Gasteiger partial charge in [0.25, 0.3) is 10.0 Å². The Morgan fingerprint density at radius 3 is 2.35 bits per heavy atom. The second-order valence-corrected chi connectivity index (χ2v) is 8.82. The summed E-state index contributed by atoms with van der Waals surface area (Å²) in [4.78, 5) is 2.92. The zero-order chi connectivity index (χ0) is 15.1. The Bertz CT molecular complexity index is 570. The van der Waals surface area contributed by atoms with E-state index in [1.54, 1.807) is 10.4 Å². The molecule has 0 amide bonds. The maximum Gasteiger partial charge on any atom is 0.252 e. The zero-order valence-corrected chi connectivity index (χ0v) is 14.0. The first kappa shape index (κ1) is 15.9. The molecule has 1 fully saturated rings. The van der Waals surface area contributed by atoms with Crippen molar-refractivity contribution in [2.24, 2.45) is 0 Å². The summed E-state index contributed by atoms with van der Waals surface area (Å²) < 4.78 is 27.3. The molecule has 1 aromatic rings. The van der Waals surface area contributed by atoms with Gasteiger partial charge in [0, 0.05) is 30.1 Å². The smallest absolute Gasteiger partial charge is 0.252 e. The lowest BCUT2D eigenvalue weighted by atomic mass is 10.1. The van der Waals surface area contributed by atoms with Crippen molar-refractivity contribution in [3.63, 3.8) is 0 Å². The van der Waals surface area contributed by atoms with E-state index in [0.717, 1.165) is 10.4 Å². The molecule has 7 heteroatoms. The number of piperazine rings is 1. The SMILES string of the molecule is Cc1cc(S(=O)(=O)N2CC(C)N(C)C(C)C2)sc1CO. The number of aliphatic hydroxyl groups is 1. The molecule has 2 atom stereocenters. The van der Waals surface area contributed by atoms with Gasteiger partial charge >= 0.3 is 0 Å². The maximum atomic E-state index is 12.7. The maximum absolute atomic E-state index is 12.7. The van der Waals surface area contributed by atoms with Gasteiger partial charge in [0.1, 0.15) is 4.21 Å². The van der Waals surface area contributed by atoms with E-state index in [-0.39, 0.29) is 18.7 Å². The average molecular weight is 318 g/mol. The Hall–Kier alpha value is -0.470. The van der Waals surface area contributed by atoms with Crippen molar-refractivity contribution in [3.8, 4) is 0 Å². The summed E-state index contributed by atoms with van der Waals surface area (Å²) >= 11 is 1.17. The fourth-order valence-electron chi connectivity index (χ4n) is 2.45. The van der Waals surface area contributed by atoms with Crippen molar-refractivity contribution in [1.29, 1.82) is 0 Å². The number of aliphatic hydroxyl groups excluding tert-OH is 1. The summed E-state index contributed by atoms with van der Waals surface area (Å²) in [5.74, 6) is 0. The number of thiophene rings is 1. The van der Waals surface area contributed by atoms with Crippen molar-refractivity contribution >= 4 is 21.4 Å².